The molecule has 0 unspecified atom stereocenters. The Bertz CT molecular complexity index is 1310. The first-order valence-corrected chi connectivity index (χ1v) is 10.0. The zero-order valence-electron chi connectivity index (χ0n) is 17.7. The maximum Gasteiger partial charge on any atom is 0.276 e. The van der Waals surface area contributed by atoms with Gasteiger partial charge in [0.1, 0.15) is 11.6 Å². The van der Waals surface area contributed by atoms with Crippen molar-refractivity contribution in [1.82, 2.24) is 9.97 Å². The van der Waals surface area contributed by atoms with Crippen LogP contribution in [0, 0.1) is 12.7 Å². The standard InChI is InChI=1S/C25H20FN5O2/c1-16-7-8-17(18-4-3-11-28-14-18)12-22(16)24(31-27)25(32)30-20-9-10-23(29-15-20)33-21-6-2-5-19(26)13-21/h2-15H,27H2,1H3,(H,30,32)/b31-24+. The number of aromatic nitrogens is 2. The fourth-order valence-corrected chi connectivity index (χ4v) is 3.20. The number of halogens is 1. The first-order chi connectivity index (χ1) is 16.0. The summed E-state index contributed by atoms with van der Waals surface area (Å²) < 4.78 is 18.8. The maximum atomic E-state index is 13.3. The number of anilines is 1. The quantitative estimate of drug-likeness (QED) is 0.257. The van der Waals surface area contributed by atoms with E-state index in [0.29, 0.717) is 17.0 Å². The zero-order chi connectivity index (χ0) is 23.2. The van der Waals surface area contributed by atoms with Crippen LogP contribution in [0.1, 0.15) is 11.1 Å². The fraction of sp³-hybridized carbons (Fsp3) is 0.0400. The van der Waals surface area contributed by atoms with Crippen LogP contribution in [-0.2, 0) is 4.79 Å². The van der Waals surface area contributed by atoms with Gasteiger partial charge in [0.15, 0.2) is 5.71 Å². The summed E-state index contributed by atoms with van der Waals surface area (Å²) in [4.78, 5) is 21.2. The molecule has 2 aromatic heterocycles. The second-order valence-corrected chi connectivity index (χ2v) is 7.15. The van der Waals surface area contributed by atoms with Gasteiger partial charge < -0.3 is 15.9 Å². The molecule has 33 heavy (non-hydrogen) atoms. The Morgan fingerprint density at radius 1 is 1.03 bits per heavy atom. The van der Waals surface area contributed by atoms with Gasteiger partial charge in [0.2, 0.25) is 5.88 Å². The van der Waals surface area contributed by atoms with E-state index < -0.39 is 11.7 Å². The van der Waals surface area contributed by atoms with Crippen molar-refractivity contribution in [3.63, 3.8) is 0 Å². The maximum absolute atomic E-state index is 13.3. The summed E-state index contributed by atoms with van der Waals surface area (Å²) in [7, 11) is 0. The van der Waals surface area contributed by atoms with E-state index in [1.54, 1.807) is 30.6 Å². The predicted molar refractivity (Wildman–Crippen MR) is 124 cm³/mol. The minimum Gasteiger partial charge on any atom is -0.439 e. The molecular weight excluding hydrogens is 421 g/mol. The number of hydrogen-bond donors (Lipinski definition) is 2. The van der Waals surface area contributed by atoms with Gasteiger partial charge in [-0.1, -0.05) is 24.3 Å². The van der Waals surface area contributed by atoms with Gasteiger partial charge in [-0.2, -0.15) is 5.10 Å². The van der Waals surface area contributed by atoms with Crippen molar-refractivity contribution in [2.45, 2.75) is 6.92 Å². The topological polar surface area (TPSA) is 102 Å². The highest BCUT2D eigenvalue weighted by atomic mass is 19.1. The molecule has 3 N–H and O–H groups in total. The summed E-state index contributed by atoms with van der Waals surface area (Å²) in [5, 5.41) is 6.48. The zero-order valence-corrected chi connectivity index (χ0v) is 17.7. The molecular formula is C25H20FN5O2. The highest BCUT2D eigenvalue weighted by Crippen LogP contribution is 2.24. The molecule has 7 nitrogen and oxygen atoms in total. The first kappa shape index (κ1) is 21.6. The molecule has 2 aromatic carbocycles. The lowest BCUT2D eigenvalue weighted by Gasteiger charge is -2.12. The number of benzene rings is 2. The number of hydrazone groups is 1. The van der Waals surface area contributed by atoms with E-state index >= 15 is 0 Å². The Kier molecular flexibility index (Phi) is 6.36. The molecule has 0 aliphatic heterocycles. The lowest BCUT2D eigenvalue weighted by atomic mass is 9.97. The molecule has 0 spiro atoms. The minimum atomic E-state index is -0.482. The van der Waals surface area contributed by atoms with Crippen LogP contribution in [0.5, 0.6) is 11.6 Å². The van der Waals surface area contributed by atoms with Gasteiger partial charge in [-0.3, -0.25) is 9.78 Å². The van der Waals surface area contributed by atoms with Gasteiger partial charge in [-0.25, -0.2) is 9.37 Å². The molecule has 0 fully saturated rings. The highest BCUT2D eigenvalue weighted by molar-refractivity contribution is 6.49. The predicted octanol–water partition coefficient (Wildman–Crippen LogP) is 4.68. The van der Waals surface area contributed by atoms with Gasteiger partial charge in [0.05, 0.1) is 11.9 Å². The average Bonchev–Trinajstić information content (AvgIpc) is 2.82. The average molecular weight is 441 g/mol. The van der Waals surface area contributed by atoms with Crippen LogP contribution in [0.25, 0.3) is 11.1 Å². The number of hydrogen-bond acceptors (Lipinski definition) is 6. The summed E-state index contributed by atoms with van der Waals surface area (Å²) >= 11 is 0. The SMILES string of the molecule is Cc1ccc(-c2cccnc2)cc1/C(=N\N)C(=O)Nc1ccc(Oc2cccc(F)c2)nc1. The molecule has 4 rings (SSSR count). The highest BCUT2D eigenvalue weighted by Gasteiger charge is 2.18. The van der Waals surface area contributed by atoms with Gasteiger partial charge in [0, 0.05) is 35.7 Å². The number of rotatable bonds is 6. The van der Waals surface area contributed by atoms with E-state index in [9.17, 15) is 9.18 Å². The molecule has 0 saturated carbocycles. The van der Waals surface area contributed by atoms with Crippen molar-refractivity contribution in [3.05, 3.63) is 102 Å². The second kappa shape index (κ2) is 9.69. The van der Waals surface area contributed by atoms with Crippen LogP contribution in [0.4, 0.5) is 10.1 Å². The number of nitrogens with two attached hydrogens (primary N) is 1. The summed E-state index contributed by atoms with van der Waals surface area (Å²) in [6.45, 7) is 1.88. The Balaban J connectivity index is 1.50. The number of nitrogens with zero attached hydrogens (tertiary/aromatic N) is 3. The smallest absolute Gasteiger partial charge is 0.276 e. The number of pyridine rings is 2. The van der Waals surface area contributed by atoms with Crippen molar-refractivity contribution in [2.24, 2.45) is 10.9 Å². The molecule has 1 amide bonds. The second-order valence-electron chi connectivity index (χ2n) is 7.15. The Hall–Kier alpha value is -4.59. The summed E-state index contributed by atoms with van der Waals surface area (Å²) in [5.74, 6) is 5.27. The molecule has 4 aromatic rings. The van der Waals surface area contributed by atoms with Crippen molar-refractivity contribution in [2.75, 3.05) is 5.32 Å². The third-order valence-electron chi connectivity index (χ3n) is 4.84. The monoisotopic (exact) mass is 441 g/mol. The van der Waals surface area contributed by atoms with E-state index in [2.05, 4.69) is 20.4 Å². The van der Waals surface area contributed by atoms with Crippen molar-refractivity contribution >= 4 is 17.3 Å². The van der Waals surface area contributed by atoms with E-state index in [-0.39, 0.29) is 11.6 Å². The van der Waals surface area contributed by atoms with Crippen LogP contribution in [0.3, 0.4) is 0 Å². The molecule has 0 aliphatic rings. The normalized spacial score (nSPS) is 11.2. The lowest BCUT2D eigenvalue weighted by Crippen LogP contribution is -2.26. The van der Waals surface area contributed by atoms with Crippen molar-refractivity contribution < 1.29 is 13.9 Å². The van der Waals surface area contributed by atoms with Crippen molar-refractivity contribution in [1.29, 1.82) is 0 Å². The van der Waals surface area contributed by atoms with Gasteiger partial charge >= 0.3 is 0 Å². The third-order valence-corrected chi connectivity index (χ3v) is 4.84. The van der Waals surface area contributed by atoms with E-state index in [4.69, 9.17) is 10.6 Å². The van der Waals surface area contributed by atoms with E-state index in [1.165, 1.54) is 24.4 Å². The molecule has 0 saturated heterocycles. The van der Waals surface area contributed by atoms with Crippen LogP contribution in [0.2, 0.25) is 0 Å². The van der Waals surface area contributed by atoms with Crippen LogP contribution < -0.4 is 15.9 Å². The molecule has 164 valence electrons. The summed E-state index contributed by atoms with van der Waals surface area (Å²) in [5.41, 5.74) is 3.76. The Morgan fingerprint density at radius 3 is 2.61 bits per heavy atom. The first-order valence-electron chi connectivity index (χ1n) is 10.0. The molecule has 2 heterocycles. The van der Waals surface area contributed by atoms with E-state index in [0.717, 1.165) is 16.7 Å². The van der Waals surface area contributed by atoms with Crippen LogP contribution in [-0.4, -0.2) is 21.6 Å². The molecule has 0 radical (unpaired) electrons. The van der Waals surface area contributed by atoms with E-state index in [1.807, 2.05) is 37.3 Å². The number of carbonyl (C=O) groups excluding carboxylic acids is 1. The Labute approximate surface area is 189 Å². The Morgan fingerprint density at radius 2 is 1.91 bits per heavy atom. The van der Waals surface area contributed by atoms with Crippen LogP contribution >= 0.6 is 0 Å². The molecule has 0 atom stereocenters. The number of carbonyl (C=O) groups is 1. The number of nitrogens with one attached hydrogen (secondary N) is 1. The summed E-state index contributed by atoms with van der Waals surface area (Å²) in [6, 6.07) is 18.4. The molecule has 0 aliphatic carbocycles. The molecule has 0 bridgehead atoms. The van der Waals surface area contributed by atoms with Crippen LogP contribution in [0.15, 0.2) is 90.4 Å². The fourth-order valence-electron chi connectivity index (χ4n) is 3.20. The van der Waals surface area contributed by atoms with Gasteiger partial charge in [0.25, 0.3) is 5.91 Å². The number of aryl methyl sites for hydroxylation is 1. The number of amides is 1. The largest absolute Gasteiger partial charge is 0.439 e. The van der Waals surface area contributed by atoms with Gasteiger partial charge in [-0.05, 0) is 48.4 Å². The minimum absolute atomic E-state index is 0.0818. The van der Waals surface area contributed by atoms with Crippen molar-refractivity contribution in [3.8, 4) is 22.8 Å². The lowest BCUT2D eigenvalue weighted by molar-refractivity contribution is -0.110. The molecule has 8 heteroatoms. The number of ether oxygens (including phenoxy) is 1. The van der Waals surface area contributed by atoms with Gasteiger partial charge in [-0.15, -0.1) is 0 Å². The third kappa shape index (κ3) is 5.19. The summed E-state index contributed by atoms with van der Waals surface area (Å²) in [6.07, 6.45) is 4.87.